The Balaban J connectivity index is 1.72. The third-order valence-corrected chi connectivity index (χ3v) is 4.15. The average molecular weight is 261 g/mol. The number of hydrogen-bond acceptors (Lipinski definition) is 5. The van der Waals surface area contributed by atoms with Gasteiger partial charge in [0.05, 0.1) is 0 Å². The normalized spacial score (nSPS) is 28.3. The van der Waals surface area contributed by atoms with E-state index in [1.807, 2.05) is 6.07 Å². The predicted molar refractivity (Wildman–Crippen MR) is 77.1 cm³/mol. The summed E-state index contributed by atoms with van der Waals surface area (Å²) in [6, 6.07) is 2.34. The van der Waals surface area contributed by atoms with E-state index in [9.17, 15) is 0 Å². The molecule has 2 heterocycles. The van der Waals surface area contributed by atoms with Crippen LogP contribution in [-0.2, 0) is 0 Å². The third kappa shape index (κ3) is 2.97. The van der Waals surface area contributed by atoms with Gasteiger partial charge in [0, 0.05) is 24.6 Å². The number of hydrogen-bond donors (Lipinski definition) is 2. The summed E-state index contributed by atoms with van der Waals surface area (Å²) >= 11 is 0. The molecule has 5 heteroatoms. The van der Waals surface area contributed by atoms with E-state index < -0.39 is 0 Å². The Morgan fingerprint density at radius 3 is 2.79 bits per heavy atom. The summed E-state index contributed by atoms with van der Waals surface area (Å²) < 4.78 is 0. The first-order chi connectivity index (χ1) is 9.11. The summed E-state index contributed by atoms with van der Waals surface area (Å²) in [5, 5.41) is 3.56. The van der Waals surface area contributed by atoms with Crippen molar-refractivity contribution in [1.82, 2.24) is 14.9 Å². The lowest BCUT2D eigenvalue weighted by atomic mass is 9.94. The second kappa shape index (κ2) is 4.96. The van der Waals surface area contributed by atoms with Crippen LogP contribution in [0.1, 0.15) is 37.9 Å². The van der Waals surface area contributed by atoms with Gasteiger partial charge in [-0.25, -0.2) is 9.97 Å². The highest BCUT2D eigenvalue weighted by Gasteiger charge is 2.28. The molecule has 104 valence electrons. The number of likely N-dealkylation sites (tertiary alicyclic amines) is 1. The molecule has 0 spiro atoms. The second-order valence-corrected chi connectivity index (χ2v) is 6.09. The van der Waals surface area contributed by atoms with E-state index in [0.29, 0.717) is 23.7 Å². The zero-order valence-electron chi connectivity index (χ0n) is 11.8. The van der Waals surface area contributed by atoms with Gasteiger partial charge in [0.15, 0.2) is 0 Å². The molecule has 2 atom stereocenters. The largest absolute Gasteiger partial charge is 0.384 e. The summed E-state index contributed by atoms with van der Waals surface area (Å²) in [5.74, 6) is 3.57. The Labute approximate surface area is 114 Å². The van der Waals surface area contributed by atoms with Crippen molar-refractivity contribution in [1.29, 1.82) is 0 Å². The van der Waals surface area contributed by atoms with Crippen LogP contribution in [0.3, 0.4) is 0 Å². The van der Waals surface area contributed by atoms with Crippen molar-refractivity contribution < 1.29 is 0 Å². The standard InChI is InChI=1S/C14H23N5/c1-9-8-19(2)6-5-11(9)16-13-7-12(15)17-14(18-13)10-3-4-10/h7,9-11H,3-6,8H2,1-2H3,(H3,15,16,17,18). The molecule has 1 aliphatic heterocycles. The number of piperidine rings is 1. The molecule has 2 aliphatic rings. The maximum Gasteiger partial charge on any atom is 0.136 e. The molecule has 1 aliphatic carbocycles. The average Bonchev–Trinajstić information content (AvgIpc) is 3.16. The summed E-state index contributed by atoms with van der Waals surface area (Å²) in [6.07, 6.45) is 3.56. The lowest BCUT2D eigenvalue weighted by Gasteiger charge is -2.35. The zero-order chi connectivity index (χ0) is 13.4. The lowest BCUT2D eigenvalue weighted by Crippen LogP contribution is -2.43. The molecule has 1 saturated carbocycles. The Kier molecular flexibility index (Phi) is 3.31. The van der Waals surface area contributed by atoms with E-state index in [0.717, 1.165) is 31.2 Å². The number of nitrogens with two attached hydrogens (primary N) is 1. The Morgan fingerprint density at radius 2 is 2.11 bits per heavy atom. The molecule has 3 N–H and O–H groups in total. The van der Waals surface area contributed by atoms with Gasteiger partial charge in [-0.2, -0.15) is 0 Å². The van der Waals surface area contributed by atoms with Crippen LogP contribution in [0, 0.1) is 5.92 Å². The number of nitrogens with one attached hydrogen (secondary N) is 1. The van der Waals surface area contributed by atoms with Crippen molar-refractivity contribution in [3.8, 4) is 0 Å². The molecule has 0 radical (unpaired) electrons. The summed E-state index contributed by atoms with van der Waals surface area (Å²) in [7, 11) is 2.18. The molecule has 0 bridgehead atoms. The number of nitrogens with zero attached hydrogens (tertiary/aromatic N) is 3. The second-order valence-electron chi connectivity index (χ2n) is 6.09. The van der Waals surface area contributed by atoms with Crippen LogP contribution < -0.4 is 11.1 Å². The zero-order valence-corrected chi connectivity index (χ0v) is 11.8. The molecule has 1 saturated heterocycles. The molecule has 2 unspecified atom stereocenters. The number of nitrogen functional groups attached to an aromatic ring is 1. The molecule has 1 aromatic heterocycles. The van der Waals surface area contributed by atoms with Crippen molar-refractivity contribution in [2.45, 2.75) is 38.1 Å². The highest BCUT2D eigenvalue weighted by atomic mass is 15.1. The van der Waals surface area contributed by atoms with Gasteiger partial charge >= 0.3 is 0 Å². The summed E-state index contributed by atoms with van der Waals surface area (Å²) in [5.41, 5.74) is 5.89. The highest BCUT2D eigenvalue weighted by Crippen LogP contribution is 2.38. The van der Waals surface area contributed by atoms with Crippen molar-refractivity contribution in [2.75, 3.05) is 31.2 Å². The number of anilines is 2. The number of aromatic nitrogens is 2. The molecular weight excluding hydrogens is 238 g/mol. The van der Waals surface area contributed by atoms with Crippen LogP contribution in [0.25, 0.3) is 0 Å². The van der Waals surface area contributed by atoms with Crippen molar-refractivity contribution in [2.24, 2.45) is 5.92 Å². The molecule has 2 fully saturated rings. The minimum Gasteiger partial charge on any atom is -0.384 e. The maximum atomic E-state index is 5.89. The van der Waals surface area contributed by atoms with E-state index in [2.05, 4.69) is 34.2 Å². The van der Waals surface area contributed by atoms with Gasteiger partial charge in [0.2, 0.25) is 0 Å². The molecule has 0 aromatic carbocycles. The van der Waals surface area contributed by atoms with Gasteiger partial charge in [0.25, 0.3) is 0 Å². The minimum atomic E-state index is 0.484. The summed E-state index contributed by atoms with van der Waals surface area (Å²) in [6.45, 7) is 4.56. The van der Waals surface area contributed by atoms with Crippen LogP contribution in [0.2, 0.25) is 0 Å². The monoisotopic (exact) mass is 261 g/mol. The first-order valence-electron chi connectivity index (χ1n) is 7.21. The topological polar surface area (TPSA) is 67.1 Å². The third-order valence-electron chi connectivity index (χ3n) is 4.15. The molecule has 1 aromatic rings. The summed E-state index contributed by atoms with van der Waals surface area (Å²) in [4.78, 5) is 11.3. The predicted octanol–water partition coefficient (Wildman–Crippen LogP) is 1.69. The van der Waals surface area contributed by atoms with Crippen LogP contribution in [0.4, 0.5) is 11.6 Å². The van der Waals surface area contributed by atoms with E-state index in [4.69, 9.17) is 5.73 Å². The van der Waals surface area contributed by atoms with E-state index >= 15 is 0 Å². The fourth-order valence-electron chi connectivity index (χ4n) is 2.84. The van der Waals surface area contributed by atoms with Crippen LogP contribution in [0.5, 0.6) is 0 Å². The van der Waals surface area contributed by atoms with Gasteiger partial charge in [-0.15, -0.1) is 0 Å². The number of rotatable bonds is 3. The van der Waals surface area contributed by atoms with Gasteiger partial charge in [-0.05, 0) is 38.8 Å². The first-order valence-corrected chi connectivity index (χ1v) is 7.21. The molecule has 19 heavy (non-hydrogen) atoms. The first kappa shape index (κ1) is 12.7. The molecule has 5 nitrogen and oxygen atoms in total. The van der Waals surface area contributed by atoms with E-state index in [-0.39, 0.29) is 0 Å². The molecule has 3 rings (SSSR count). The maximum absolute atomic E-state index is 5.89. The van der Waals surface area contributed by atoms with Crippen LogP contribution in [0.15, 0.2) is 6.07 Å². The van der Waals surface area contributed by atoms with E-state index in [1.165, 1.54) is 12.8 Å². The Morgan fingerprint density at radius 1 is 1.32 bits per heavy atom. The van der Waals surface area contributed by atoms with Crippen molar-refractivity contribution in [3.05, 3.63) is 11.9 Å². The van der Waals surface area contributed by atoms with Gasteiger partial charge in [-0.3, -0.25) is 0 Å². The molecular formula is C14H23N5. The van der Waals surface area contributed by atoms with E-state index in [1.54, 1.807) is 0 Å². The quantitative estimate of drug-likeness (QED) is 0.866. The lowest BCUT2D eigenvalue weighted by molar-refractivity contribution is 0.206. The van der Waals surface area contributed by atoms with Gasteiger partial charge in [0.1, 0.15) is 17.5 Å². The fraction of sp³-hybridized carbons (Fsp3) is 0.714. The van der Waals surface area contributed by atoms with Gasteiger partial charge < -0.3 is 16.0 Å². The fourth-order valence-corrected chi connectivity index (χ4v) is 2.84. The molecule has 0 amide bonds. The van der Waals surface area contributed by atoms with Crippen molar-refractivity contribution >= 4 is 11.6 Å². The Hall–Kier alpha value is -1.36. The van der Waals surface area contributed by atoms with Gasteiger partial charge in [-0.1, -0.05) is 6.92 Å². The SMILES string of the molecule is CC1CN(C)CCC1Nc1cc(N)nc(C2CC2)n1. The van der Waals surface area contributed by atoms with Crippen LogP contribution >= 0.6 is 0 Å². The Bertz CT molecular complexity index is 457. The van der Waals surface area contributed by atoms with Crippen LogP contribution in [-0.4, -0.2) is 41.0 Å². The smallest absolute Gasteiger partial charge is 0.136 e. The minimum absolute atomic E-state index is 0.484. The van der Waals surface area contributed by atoms with Crippen molar-refractivity contribution in [3.63, 3.8) is 0 Å². The highest BCUT2D eigenvalue weighted by molar-refractivity contribution is 5.46.